The minimum Gasteiger partial charge on any atom is -0.387 e. The summed E-state index contributed by atoms with van der Waals surface area (Å²) in [7, 11) is 2.97. The maximum absolute atomic E-state index is 7.53. The van der Waals surface area contributed by atoms with Crippen molar-refractivity contribution in [3.05, 3.63) is 229 Å². The summed E-state index contributed by atoms with van der Waals surface area (Å²) in [5.41, 5.74) is 2.68. The van der Waals surface area contributed by atoms with Crippen LogP contribution in [0.3, 0.4) is 0 Å². The average molecular weight is 781 g/mol. The van der Waals surface area contributed by atoms with Crippen LogP contribution >= 0.6 is 15.8 Å². The van der Waals surface area contributed by atoms with Gasteiger partial charge in [-0.25, -0.2) is 0 Å². The normalized spacial score (nSPS) is 19.5. The highest BCUT2D eigenvalue weighted by Crippen LogP contribution is 2.59. The summed E-state index contributed by atoms with van der Waals surface area (Å²) in [6.45, 7) is 0.578. The van der Waals surface area contributed by atoms with Gasteiger partial charge in [0.05, 0.1) is 0 Å². The van der Waals surface area contributed by atoms with Crippen LogP contribution in [-0.4, -0.2) is 38.9 Å². The molecule has 8 rings (SSSR count). The Balaban J connectivity index is 1.24. The summed E-state index contributed by atoms with van der Waals surface area (Å²) >= 11 is 0. The lowest BCUT2D eigenvalue weighted by molar-refractivity contribution is -0.0243. The summed E-state index contributed by atoms with van der Waals surface area (Å²) in [4.78, 5) is 0. The first kappa shape index (κ1) is 39.2. The molecule has 57 heavy (non-hydrogen) atoms. The zero-order valence-electron chi connectivity index (χ0n) is 33.0. The number of rotatable bonds is 15. The van der Waals surface area contributed by atoms with Crippen LogP contribution in [0.4, 0.5) is 0 Å². The molecule has 0 spiro atoms. The quantitative estimate of drug-likeness (QED) is 0.0587. The molecule has 0 aliphatic heterocycles. The topological polar surface area (TPSA) is 18.5 Å². The van der Waals surface area contributed by atoms with Crippen molar-refractivity contribution in [1.82, 2.24) is 0 Å². The van der Waals surface area contributed by atoms with E-state index in [1.807, 2.05) is 7.11 Å². The van der Waals surface area contributed by atoms with E-state index in [4.69, 9.17) is 9.47 Å². The second-order valence-corrected chi connectivity index (χ2v) is 20.0. The van der Waals surface area contributed by atoms with Gasteiger partial charge >= 0.3 is 0 Å². The standard InChI is InChI=1S/C52H51BO2P2/c1-54-51(53)39-50(57(46-33-19-7-20-34-46)47-35-21-8-22-36-47)48(40-56(44-29-15-5-16-30-44)45-31-17-6-18-32-45)49(51)37-38-55-52(41-23-9-2-10-24-41,42-25-11-3-12-26-42)43-27-13-4-14-28-43/h2-36,48-50H,37-40,53H2,1H3/t48-,49+,50+,51+/m0/s1. The Kier molecular flexibility index (Phi) is 12.6. The molecule has 0 saturated heterocycles. The van der Waals surface area contributed by atoms with Crippen LogP contribution in [0.2, 0.25) is 0 Å². The molecule has 1 aliphatic carbocycles. The Morgan fingerprint density at radius 3 is 1.25 bits per heavy atom. The van der Waals surface area contributed by atoms with Gasteiger partial charge in [-0.2, -0.15) is 0 Å². The second kappa shape index (κ2) is 18.3. The average Bonchev–Trinajstić information content (AvgIpc) is 3.56. The molecule has 5 heteroatoms. The van der Waals surface area contributed by atoms with E-state index in [9.17, 15) is 0 Å². The molecular weight excluding hydrogens is 729 g/mol. The van der Waals surface area contributed by atoms with Crippen LogP contribution in [0.5, 0.6) is 0 Å². The van der Waals surface area contributed by atoms with Crippen molar-refractivity contribution in [3.63, 3.8) is 0 Å². The Hall–Kier alpha value is -4.62. The third kappa shape index (κ3) is 8.37. The van der Waals surface area contributed by atoms with Crippen LogP contribution in [0.1, 0.15) is 29.5 Å². The maximum atomic E-state index is 7.53. The molecule has 4 atom stereocenters. The first-order valence-corrected chi connectivity index (χ1v) is 23.2. The molecule has 1 aliphatic rings. The molecule has 1 fully saturated rings. The van der Waals surface area contributed by atoms with Gasteiger partial charge in [-0.1, -0.05) is 212 Å². The van der Waals surface area contributed by atoms with Crippen LogP contribution in [-0.2, 0) is 15.1 Å². The first-order chi connectivity index (χ1) is 28.1. The Bertz CT molecular complexity index is 2070. The highest BCUT2D eigenvalue weighted by Gasteiger charge is 2.54. The summed E-state index contributed by atoms with van der Waals surface area (Å²) in [6, 6.07) is 77.5. The van der Waals surface area contributed by atoms with Crippen LogP contribution in [0.25, 0.3) is 0 Å². The highest BCUT2D eigenvalue weighted by atomic mass is 31.1. The van der Waals surface area contributed by atoms with Gasteiger partial charge in [-0.15, -0.1) is 0 Å². The Labute approximate surface area is 343 Å². The zero-order chi connectivity index (χ0) is 38.9. The van der Waals surface area contributed by atoms with Crippen LogP contribution in [0, 0.1) is 11.8 Å². The van der Waals surface area contributed by atoms with E-state index in [0.717, 1.165) is 35.7 Å². The van der Waals surface area contributed by atoms with E-state index in [0.29, 0.717) is 18.2 Å². The monoisotopic (exact) mass is 780 g/mol. The molecular formula is C52H51BO2P2. The summed E-state index contributed by atoms with van der Waals surface area (Å²) in [5.74, 6) is 0.624. The summed E-state index contributed by atoms with van der Waals surface area (Å²) in [5, 5.41) is 5.73. The molecule has 1 saturated carbocycles. The number of ether oxygens (including phenoxy) is 2. The molecule has 0 N–H and O–H groups in total. The van der Waals surface area contributed by atoms with E-state index in [2.05, 4.69) is 220 Å². The van der Waals surface area contributed by atoms with Crippen molar-refractivity contribution in [2.24, 2.45) is 11.8 Å². The van der Waals surface area contributed by atoms with Crippen molar-refractivity contribution in [2.45, 2.75) is 29.6 Å². The van der Waals surface area contributed by atoms with Gasteiger partial charge in [-0.3, -0.25) is 0 Å². The summed E-state index contributed by atoms with van der Waals surface area (Å²) in [6.07, 6.45) is 2.94. The predicted octanol–water partition coefficient (Wildman–Crippen LogP) is 9.63. The van der Waals surface area contributed by atoms with Gasteiger partial charge in [-0.05, 0) is 90.3 Å². The molecule has 0 unspecified atom stereocenters. The summed E-state index contributed by atoms with van der Waals surface area (Å²) < 4.78 is 14.3. The maximum Gasteiger partial charge on any atom is 0.143 e. The Morgan fingerprint density at radius 1 is 0.526 bits per heavy atom. The van der Waals surface area contributed by atoms with Crippen LogP contribution in [0.15, 0.2) is 212 Å². The van der Waals surface area contributed by atoms with Gasteiger partial charge in [0, 0.05) is 19.2 Å². The van der Waals surface area contributed by atoms with Crippen molar-refractivity contribution >= 4 is 44.9 Å². The molecule has 0 heterocycles. The van der Waals surface area contributed by atoms with Gasteiger partial charge in [0.15, 0.2) is 0 Å². The van der Waals surface area contributed by atoms with Gasteiger partial charge in [0.2, 0.25) is 0 Å². The number of benzene rings is 7. The highest BCUT2D eigenvalue weighted by molar-refractivity contribution is 7.74. The molecule has 0 bridgehead atoms. The van der Waals surface area contributed by atoms with Gasteiger partial charge in [0.25, 0.3) is 0 Å². The van der Waals surface area contributed by atoms with Gasteiger partial charge < -0.3 is 9.47 Å². The van der Waals surface area contributed by atoms with E-state index in [-0.39, 0.29) is 11.4 Å². The third-order valence-electron chi connectivity index (χ3n) is 12.1. The van der Waals surface area contributed by atoms with Crippen molar-refractivity contribution in [3.8, 4) is 0 Å². The predicted molar refractivity (Wildman–Crippen MR) is 246 cm³/mol. The fourth-order valence-corrected chi connectivity index (χ4v) is 15.5. The fraction of sp³-hybridized carbons (Fsp3) is 0.192. The third-order valence-corrected chi connectivity index (χ3v) is 17.7. The van der Waals surface area contributed by atoms with E-state index >= 15 is 0 Å². The lowest BCUT2D eigenvalue weighted by Gasteiger charge is -2.39. The number of hydrogen-bond donors (Lipinski definition) is 0. The molecule has 2 nitrogen and oxygen atoms in total. The van der Waals surface area contributed by atoms with Crippen molar-refractivity contribution in [2.75, 3.05) is 19.9 Å². The zero-order valence-corrected chi connectivity index (χ0v) is 34.8. The molecule has 7 aromatic carbocycles. The van der Waals surface area contributed by atoms with Gasteiger partial charge in [0.1, 0.15) is 13.4 Å². The van der Waals surface area contributed by atoms with Crippen molar-refractivity contribution < 1.29 is 9.47 Å². The lowest BCUT2D eigenvalue weighted by Crippen LogP contribution is -2.41. The minimum absolute atomic E-state index is 0.252. The van der Waals surface area contributed by atoms with Crippen LogP contribution < -0.4 is 21.2 Å². The smallest absolute Gasteiger partial charge is 0.143 e. The lowest BCUT2D eigenvalue weighted by atomic mass is 9.70. The minimum atomic E-state index is -0.776. The molecule has 7 aromatic rings. The van der Waals surface area contributed by atoms with Crippen molar-refractivity contribution in [1.29, 1.82) is 0 Å². The second-order valence-electron chi connectivity index (χ2n) is 15.3. The largest absolute Gasteiger partial charge is 0.387 e. The number of hydrogen-bond acceptors (Lipinski definition) is 2. The number of methoxy groups -OCH3 is 1. The van der Waals surface area contributed by atoms with E-state index in [1.54, 1.807) is 0 Å². The fourth-order valence-electron chi connectivity index (χ4n) is 9.33. The molecule has 0 radical (unpaired) electrons. The molecule has 284 valence electrons. The van der Waals surface area contributed by atoms with E-state index in [1.165, 1.54) is 21.2 Å². The Morgan fingerprint density at radius 2 is 0.877 bits per heavy atom. The first-order valence-electron chi connectivity index (χ1n) is 20.2. The SMILES string of the molecule is B[C@@]1(OC)C[C@@H](P(c2ccccc2)c2ccccc2)[C@@H](CP(c2ccccc2)c2ccccc2)[C@H]1CCOC(c1ccccc1)(c1ccccc1)c1ccccc1. The molecule has 0 aromatic heterocycles. The molecule has 0 amide bonds. The van der Waals surface area contributed by atoms with E-state index < -0.39 is 21.4 Å².